The zero-order chi connectivity index (χ0) is 11.8. The highest BCUT2D eigenvalue weighted by Crippen LogP contribution is 2.17. The molecule has 0 unspecified atom stereocenters. The standard InChI is InChI=1S/C13H17ClO2/c1-2-11-5-6-13(9-12(11)10-15)16-8-4-3-7-14/h5-6,9-10H,2-4,7-8H2,1H3. The molecule has 1 rings (SSSR count). The zero-order valence-corrected chi connectivity index (χ0v) is 10.3. The predicted octanol–water partition coefficient (Wildman–Crippen LogP) is 3.46. The number of ether oxygens (including phenoxy) is 1. The van der Waals surface area contributed by atoms with Gasteiger partial charge in [-0.2, -0.15) is 0 Å². The van der Waals surface area contributed by atoms with Crippen LogP contribution in [0.5, 0.6) is 5.75 Å². The van der Waals surface area contributed by atoms with Crippen LogP contribution >= 0.6 is 11.6 Å². The Hall–Kier alpha value is -1.02. The summed E-state index contributed by atoms with van der Waals surface area (Å²) in [4.78, 5) is 10.8. The Bertz CT molecular complexity index is 337. The van der Waals surface area contributed by atoms with E-state index in [-0.39, 0.29) is 0 Å². The molecule has 0 saturated carbocycles. The third-order valence-electron chi connectivity index (χ3n) is 2.42. The Morgan fingerprint density at radius 3 is 2.81 bits per heavy atom. The van der Waals surface area contributed by atoms with Gasteiger partial charge in [-0.1, -0.05) is 13.0 Å². The average Bonchev–Trinajstić information content (AvgIpc) is 2.34. The second kappa shape index (κ2) is 7.29. The molecule has 0 saturated heterocycles. The summed E-state index contributed by atoms with van der Waals surface area (Å²) in [5.41, 5.74) is 1.78. The molecule has 0 aliphatic carbocycles. The van der Waals surface area contributed by atoms with Gasteiger partial charge in [-0.25, -0.2) is 0 Å². The number of carbonyl (C=O) groups excluding carboxylic acids is 1. The van der Waals surface area contributed by atoms with Gasteiger partial charge in [0.25, 0.3) is 0 Å². The van der Waals surface area contributed by atoms with E-state index in [0.717, 1.165) is 42.4 Å². The molecule has 0 aromatic heterocycles. The minimum absolute atomic E-state index is 0.649. The number of benzene rings is 1. The van der Waals surface area contributed by atoms with Crippen molar-refractivity contribution in [2.24, 2.45) is 0 Å². The average molecular weight is 241 g/mol. The van der Waals surface area contributed by atoms with E-state index in [2.05, 4.69) is 0 Å². The van der Waals surface area contributed by atoms with Crippen LogP contribution in [0.4, 0.5) is 0 Å². The number of aldehydes is 1. The lowest BCUT2D eigenvalue weighted by Crippen LogP contribution is -1.99. The van der Waals surface area contributed by atoms with Crippen molar-refractivity contribution < 1.29 is 9.53 Å². The predicted molar refractivity (Wildman–Crippen MR) is 66.7 cm³/mol. The molecule has 3 heteroatoms. The summed E-state index contributed by atoms with van der Waals surface area (Å²) in [7, 11) is 0. The zero-order valence-electron chi connectivity index (χ0n) is 9.54. The van der Waals surface area contributed by atoms with Crippen LogP contribution in [0, 0.1) is 0 Å². The summed E-state index contributed by atoms with van der Waals surface area (Å²) >= 11 is 5.57. The van der Waals surface area contributed by atoms with E-state index in [0.29, 0.717) is 12.5 Å². The number of halogens is 1. The van der Waals surface area contributed by atoms with Gasteiger partial charge in [0.2, 0.25) is 0 Å². The summed E-state index contributed by atoms with van der Waals surface area (Å²) < 4.78 is 5.53. The number of hydrogen-bond acceptors (Lipinski definition) is 2. The molecule has 0 N–H and O–H groups in total. The minimum Gasteiger partial charge on any atom is -0.494 e. The molecule has 0 atom stereocenters. The third kappa shape index (κ3) is 3.86. The third-order valence-corrected chi connectivity index (χ3v) is 2.69. The topological polar surface area (TPSA) is 26.3 Å². The fourth-order valence-electron chi connectivity index (χ4n) is 1.48. The molecule has 0 heterocycles. The molecule has 16 heavy (non-hydrogen) atoms. The van der Waals surface area contributed by atoms with Crippen molar-refractivity contribution in [1.82, 2.24) is 0 Å². The van der Waals surface area contributed by atoms with Gasteiger partial charge >= 0.3 is 0 Å². The molecule has 0 aliphatic rings. The van der Waals surface area contributed by atoms with Crippen LogP contribution in [-0.2, 0) is 6.42 Å². The number of unbranched alkanes of at least 4 members (excludes halogenated alkanes) is 1. The first kappa shape index (κ1) is 13.0. The van der Waals surface area contributed by atoms with Crippen LogP contribution in [0.1, 0.15) is 35.7 Å². The molecule has 0 radical (unpaired) electrons. The maximum absolute atomic E-state index is 10.8. The van der Waals surface area contributed by atoms with Crippen LogP contribution in [0.3, 0.4) is 0 Å². The lowest BCUT2D eigenvalue weighted by molar-refractivity contribution is 0.112. The van der Waals surface area contributed by atoms with Crippen LogP contribution in [0.2, 0.25) is 0 Å². The lowest BCUT2D eigenvalue weighted by atomic mass is 10.1. The smallest absolute Gasteiger partial charge is 0.150 e. The van der Waals surface area contributed by atoms with E-state index in [1.165, 1.54) is 0 Å². The van der Waals surface area contributed by atoms with Crippen LogP contribution in [0.25, 0.3) is 0 Å². The van der Waals surface area contributed by atoms with Gasteiger partial charge in [0.15, 0.2) is 0 Å². The molecule has 0 aliphatic heterocycles. The van der Waals surface area contributed by atoms with Crippen LogP contribution < -0.4 is 4.74 Å². The Balaban J connectivity index is 2.57. The summed E-state index contributed by atoms with van der Waals surface area (Å²) in [6.45, 7) is 2.68. The molecular weight excluding hydrogens is 224 g/mol. The first-order valence-electron chi connectivity index (χ1n) is 5.58. The van der Waals surface area contributed by atoms with Crippen molar-refractivity contribution in [2.45, 2.75) is 26.2 Å². The summed E-state index contributed by atoms with van der Waals surface area (Å²) in [5.74, 6) is 1.42. The van der Waals surface area contributed by atoms with Gasteiger partial charge in [-0.15, -0.1) is 11.6 Å². The SMILES string of the molecule is CCc1ccc(OCCCCCl)cc1C=O. The summed E-state index contributed by atoms with van der Waals surface area (Å²) in [6, 6.07) is 5.65. The minimum atomic E-state index is 0.649. The normalized spacial score (nSPS) is 10.1. The number of alkyl halides is 1. The number of rotatable bonds is 7. The van der Waals surface area contributed by atoms with E-state index in [1.54, 1.807) is 6.07 Å². The Morgan fingerprint density at radius 2 is 2.19 bits per heavy atom. The van der Waals surface area contributed by atoms with Gasteiger partial charge in [-0.3, -0.25) is 4.79 Å². The summed E-state index contributed by atoms with van der Waals surface area (Å²) in [6.07, 6.45) is 3.63. The van der Waals surface area contributed by atoms with Gasteiger partial charge in [-0.05, 0) is 37.0 Å². The fraction of sp³-hybridized carbons (Fsp3) is 0.462. The molecule has 0 spiro atoms. The number of carbonyl (C=O) groups is 1. The first-order chi connectivity index (χ1) is 7.81. The second-order valence-corrected chi connectivity index (χ2v) is 3.95. The van der Waals surface area contributed by atoms with Gasteiger partial charge in [0.1, 0.15) is 12.0 Å². The van der Waals surface area contributed by atoms with Crippen molar-refractivity contribution in [3.8, 4) is 5.75 Å². The van der Waals surface area contributed by atoms with Crippen LogP contribution in [-0.4, -0.2) is 18.8 Å². The largest absolute Gasteiger partial charge is 0.494 e. The van der Waals surface area contributed by atoms with E-state index in [1.807, 2.05) is 19.1 Å². The van der Waals surface area contributed by atoms with E-state index in [9.17, 15) is 4.79 Å². The lowest BCUT2D eigenvalue weighted by Gasteiger charge is -2.08. The van der Waals surface area contributed by atoms with Crippen LogP contribution in [0.15, 0.2) is 18.2 Å². The Kier molecular flexibility index (Phi) is 5.94. The van der Waals surface area contributed by atoms with Crippen molar-refractivity contribution in [3.05, 3.63) is 29.3 Å². The monoisotopic (exact) mass is 240 g/mol. The Labute approximate surface area is 102 Å². The van der Waals surface area contributed by atoms with E-state index in [4.69, 9.17) is 16.3 Å². The molecule has 2 nitrogen and oxygen atoms in total. The number of hydrogen-bond donors (Lipinski definition) is 0. The van der Waals surface area contributed by atoms with E-state index < -0.39 is 0 Å². The molecule has 1 aromatic rings. The molecule has 88 valence electrons. The van der Waals surface area contributed by atoms with Crippen molar-refractivity contribution in [3.63, 3.8) is 0 Å². The fourth-order valence-corrected chi connectivity index (χ4v) is 1.67. The molecule has 0 amide bonds. The summed E-state index contributed by atoms with van der Waals surface area (Å²) in [5, 5.41) is 0. The highest BCUT2D eigenvalue weighted by Gasteiger charge is 2.02. The number of aryl methyl sites for hydroxylation is 1. The van der Waals surface area contributed by atoms with Gasteiger partial charge in [0.05, 0.1) is 6.61 Å². The van der Waals surface area contributed by atoms with Crippen molar-refractivity contribution in [1.29, 1.82) is 0 Å². The van der Waals surface area contributed by atoms with Crippen molar-refractivity contribution in [2.75, 3.05) is 12.5 Å². The second-order valence-electron chi connectivity index (χ2n) is 3.58. The highest BCUT2D eigenvalue weighted by atomic mass is 35.5. The molecular formula is C13H17ClO2. The van der Waals surface area contributed by atoms with Crippen molar-refractivity contribution >= 4 is 17.9 Å². The molecule has 0 fully saturated rings. The van der Waals surface area contributed by atoms with Gasteiger partial charge in [0, 0.05) is 11.4 Å². The van der Waals surface area contributed by atoms with Gasteiger partial charge < -0.3 is 4.74 Å². The highest BCUT2D eigenvalue weighted by molar-refractivity contribution is 6.17. The quantitative estimate of drug-likeness (QED) is 0.415. The molecule has 0 bridgehead atoms. The van der Waals surface area contributed by atoms with E-state index >= 15 is 0 Å². The molecule has 1 aromatic carbocycles. The first-order valence-corrected chi connectivity index (χ1v) is 6.12. The maximum Gasteiger partial charge on any atom is 0.150 e. The maximum atomic E-state index is 10.8. The Morgan fingerprint density at radius 1 is 1.38 bits per heavy atom.